The molecule has 0 spiro atoms. The topological polar surface area (TPSA) is 83.8 Å². The van der Waals surface area contributed by atoms with Gasteiger partial charge in [0.25, 0.3) is 0 Å². The highest BCUT2D eigenvalue weighted by atomic mass is 16.5. The molecular weight excluding hydrogens is 404 g/mol. The number of hydrogen-bond acceptors (Lipinski definition) is 5. The first-order chi connectivity index (χ1) is 15.1. The van der Waals surface area contributed by atoms with Gasteiger partial charge in [0.1, 0.15) is 0 Å². The van der Waals surface area contributed by atoms with Crippen LogP contribution in [0.15, 0.2) is 11.6 Å². The molecule has 4 saturated carbocycles. The van der Waals surface area contributed by atoms with Gasteiger partial charge < -0.3 is 14.9 Å². The van der Waals surface area contributed by atoms with E-state index < -0.39 is 6.10 Å². The van der Waals surface area contributed by atoms with Gasteiger partial charge in [0.05, 0.1) is 19.3 Å². The molecule has 0 aromatic carbocycles. The van der Waals surface area contributed by atoms with E-state index in [4.69, 9.17) is 4.74 Å². The molecule has 5 heteroatoms. The van der Waals surface area contributed by atoms with Crippen molar-refractivity contribution in [3.05, 3.63) is 11.6 Å². The normalized spacial score (nSPS) is 48.0. The Kier molecular flexibility index (Phi) is 6.39. The summed E-state index contributed by atoms with van der Waals surface area (Å²) >= 11 is 0. The van der Waals surface area contributed by atoms with Crippen molar-refractivity contribution in [1.29, 1.82) is 0 Å². The van der Waals surface area contributed by atoms with Crippen LogP contribution < -0.4 is 0 Å². The van der Waals surface area contributed by atoms with E-state index in [0.29, 0.717) is 31.1 Å². The third-order valence-corrected chi connectivity index (χ3v) is 10.6. The van der Waals surface area contributed by atoms with E-state index in [2.05, 4.69) is 20.8 Å². The fourth-order valence-corrected chi connectivity index (χ4v) is 8.77. The van der Waals surface area contributed by atoms with E-state index >= 15 is 0 Å². The fraction of sp³-hybridized carbons (Fsp3) is 0.852. The zero-order valence-electron chi connectivity index (χ0n) is 20.5. The van der Waals surface area contributed by atoms with E-state index in [1.807, 2.05) is 13.0 Å². The lowest BCUT2D eigenvalue weighted by Gasteiger charge is -2.62. The van der Waals surface area contributed by atoms with Crippen LogP contribution in [-0.4, -0.2) is 41.3 Å². The number of aliphatic hydroxyl groups is 2. The zero-order valence-corrected chi connectivity index (χ0v) is 20.5. The van der Waals surface area contributed by atoms with Gasteiger partial charge in [0.2, 0.25) is 0 Å². The summed E-state index contributed by atoms with van der Waals surface area (Å²) in [6.07, 6.45) is 7.39. The molecule has 0 radical (unpaired) electrons. The van der Waals surface area contributed by atoms with Gasteiger partial charge in [-0.1, -0.05) is 26.8 Å². The lowest BCUT2D eigenvalue weighted by atomic mass is 9.42. The second kappa shape index (κ2) is 8.54. The maximum absolute atomic E-state index is 13.9. The summed E-state index contributed by atoms with van der Waals surface area (Å²) in [4.78, 5) is 25.6. The second-order valence-electron chi connectivity index (χ2n) is 11.7. The molecule has 0 heterocycles. The monoisotopic (exact) mass is 446 g/mol. The Morgan fingerprint density at radius 3 is 2.56 bits per heavy atom. The van der Waals surface area contributed by atoms with Crippen molar-refractivity contribution >= 4 is 11.8 Å². The van der Waals surface area contributed by atoms with Crippen LogP contribution in [0.3, 0.4) is 0 Å². The third kappa shape index (κ3) is 3.41. The molecule has 2 N–H and O–H groups in total. The minimum Gasteiger partial charge on any atom is -0.469 e. The zero-order chi connectivity index (χ0) is 23.4. The first kappa shape index (κ1) is 23.9. The average molecular weight is 447 g/mol. The number of allylic oxidation sites excluding steroid dienone is 2. The van der Waals surface area contributed by atoms with Gasteiger partial charge in [-0.2, -0.15) is 0 Å². The van der Waals surface area contributed by atoms with Crippen LogP contribution in [0, 0.1) is 46.3 Å². The van der Waals surface area contributed by atoms with E-state index in [1.165, 1.54) is 7.11 Å². The van der Waals surface area contributed by atoms with Gasteiger partial charge in [-0.15, -0.1) is 0 Å². The molecule has 32 heavy (non-hydrogen) atoms. The van der Waals surface area contributed by atoms with Crippen molar-refractivity contribution in [2.45, 2.75) is 91.3 Å². The SMILES string of the molecule is CC=C1C(=O)C2C(CC(O)[C@]3(C)C(C(C)CCC(=O)OC)CCC23)[C@@]2(C)CCC(O)CC12. The maximum atomic E-state index is 13.9. The number of carbonyl (C=O) groups excluding carboxylic acids is 2. The van der Waals surface area contributed by atoms with Gasteiger partial charge >= 0.3 is 5.97 Å². The quantitative estimate of drug-likeness (QED) is 0.497. The van der Waals surface area contributed by atoms with E-state index in [1.54, 1.807) is 0 Å². The molecule has 0 bridgehead atoms. The van der Waals surface area contributed by atoms with Gasteiger partial charge in [-0.25, -0.2) is 0 Å². The highest BCUT2D eigenvalue weighted by Gasteiger charge is 2.66. The molecule has 4 aliphatic rings. The smallest absolute Gasteiger partial charge is 0.305 e. The second-order valence-corrected chi connectivity index (χ2v) is 11.7. The number of Topliss-reactive ketones (excluding diaryl/α,β-unsaturated/α-hetero) is 1. The lowest BCUT2D eigenvalue weighted by molar-refractivity contribution is -0.172. The minimum atomic E-state index is -0.439. The molecular formula is C27H42O5. The number of hydrogen-bond donors (Lipinski definition) is 2. The summed E-state index contributed by atoms with van der Waals surface area (Å²) < 4.78 is 4.84. The number of ether oxygens (including phenoxy) is 1. The molecule has 4 aliphatic carbocycles. The molecule has 4 fully saturated rings. The third-order valence-electron chi connectivity index (χ3n) is 10.6. The lowest BCUT2D eigenvalue weighted by Crippen LogP contribution is -2.62. The first-order valence-electron chi connectivity index (χ1n) is 12.7. The Hall–Kier alpha value is -1.20. The summed E-state index contributed by atoms with van der Waals surface area (Å²) in [5.74, 6) is 1.10. The highest BCUT2D eigenvalue weighted by Crippen LogP contribution is 2.68. The van der Waals surface area contributed by atoms with Gasteiger partial charge in [0, 0.05) is 17.8 Å². The van der Waals surface area contributed by atoms with Crippen molar-refractivity contribution in [3.63, 3.8) is 0 Å². The summed E-state index contributed by atoms with van der Waals surface area (Å²) in [7, 11) is 1.43. The van der Waals surface area contributed by atoms with Crippen molar-refractivity contribution < 1.29 is 24.5 Å². The van der Waals surface area contributed by atoms with Crippen LogP contribution in [0.4, 0.5) is 0 Å². The van der Waals surface area contributed by atoms with Crippen molar-refractivity contribution in [1.82, 2.24) is 0 Å². The number of methoxy groups -OCH3 is 1. The number of esters is 1. The molecule has 0 aromatic rings. The number of fused-ring (bicyclic) bond motifs is 5. The van der Waals surface area contributed by atoms with Crippen molar-refractivity contribution in [2.24, 2.45) is 46.3 Å². The molecule has 10 atom stereocenters. The molecule has 5 nitrogen and oxygen atoms in total. The van der Waals surface area contributed by atoms with E-state index in [0.717, 1.165) is 37.7 Å². The molecule has 8 unspecified atom stereocenters. The number of ketones is 1. The predicted molar refractivity (Wildman–Crippen MR) is 123 cm³/mol. The van der Waals surface area contributed by atoms with Crippen molar-refractivity contribution in [3.8, 4) is 0 Å². The Balaban J connectivity index is 1.66. The van der Waals surface area contributed by atoms with Gasteiger partial charge in [-0.3, -0.25) is 9.59 Å². The number of aliphatic hydroxyl groups excluding tert-OH is 2. The molecule has 180 valence electrons. The van der Waals surface area contributed by atoms with E-state index in [9.17, 15) is 19.8 Å². The average Bonchev–Trinajstić information content (AvgIpc) is 3.12. The van der Waals surface area contributed by atoms with Crippen LogP contribution >= 0.6 is 0 Å². The van der Waals surface area contributed by atoms with Crippen LogP contribution in [0.2, 0.25) is 0 Å². The first-order valence-corrected chi connectivity index (χ1v) is 12.7. The van der Waals surface area contributed by atoms with Crippen LogP contribution in [0.1, 0.15) is 79.1 Å². The van der Waals surface area contributed by atoms with Crippen LogP contribution in [-0.2, 0) is 14.3 Å². The summed E-state index contributed by atoms with van der Waals surface area (Å²) in [5, 5.41) is 22.0. The molecule has 0 amide bonds. The number of carbonyl (C=O) groups is 2. The van der Waals surface area contributed by atoms with Crippen LogP contribution in [0.25, 0.3) is 0 Å². The van der Waals surface area contributed by atoms with E-state index in [-0.39, 0.29) is 52.4 Å². The Bertz CT molecular complexity index is 789. The molecule has 0 aliphatic heterocycles. The molecule has 0 aromatic heterocycles. The van der Waals surface area contributed by atoms with Gasteiger partial charge in [-0.05, 0) is 92.4 Å². The largest absolute Gasteiger partial charge is 0.469 e. The fourth-order valence-electron chi connectivity index (χ4n) is 8.77. The van der Waals surface area contributed by atoms with Crippen LogP contribution in [0.5, 0.6) is 0 Å². The minimum absolute atomic E-state index is 0.0381. The summed E-state index contributed by atoms with van der Waals surface area (Å²) in [6, 6.07) is 0. The summed E-state index contributed by atoms with van der Waals surface area (Å²) in [5.41, 5.74) is 0.576. The predicted octanol–water partition coefficient (Wildman–Crippen LogP) is 4.30. The Labute approximate surface area is 193 Å². The van der Waals surface area contributed by atoms with Crippen molar-refractivity contribution in [2.75, 3.05) is 7.11 Å². The Morgan fingerprint density at radius 2 is 1.91 bits per heavy atom. The molecule has 0 saturated heterocycles. The van der Waals surface area contributed by atoms with Gasteiger partial charge in [0.15, 0.2) is 5.78 Å². The standard InChI is InChI=1S/C27H42O5/c1-6-17-20-13-16(28)11-12-26(20,3)21-14-22(29)27(4)18(15(2)7-10-23(30)32-5)8-9-19(27)24(21)25(17)31/h6,15-16,18-22,24,28-29H,7-14H2,1-5H3/t15?,16?,18?,19?,20?,21?,22?,24?,26-,27+/m0/s1. The summed E-state index contributed by atoms with van der Waals surface area (Å²) in [6.45, 7) is 8.70. The highest BCUT2D eigenvalue weighted by molar-refractivity contribution is 5.99. The number of rotatable bonds is 4. The molecule has 4 rings (SSSR count). The maximum Gasteiger partial charge on any atom is 0.305 e. The Morgan fingerprint density at radius 1 is 1.19 bits per heavy atom.